The molecule has 10 heavy (non-hydrogen) atoms. The SMILES string of the molecule is CC1O[C@H](O)C(O)C[C@@H]1O. The molecule has 0 saturated carbocycles. The van der Waals surface area contributed by atoms with E-state index in [1.807, 2.05) is 0 Å². The minimum absolute atomic E-state index is 0.183. The van der Waals surface area contributed by atoms with Crippen molar-refractivity contribution in [1.82, 2.24) is 0 Å². The quantitative estimate of drug-likeness (QED) is 0.405. The van der Waals surface area contributed by atoms with E-state index in [0.29, 0.717) is 0 Å². The fraction of sp³-hybridized carbons (Fsp3) is 1.00. The molecule has 1 saturated heterocycles. The molecule has 0 bridgehead atoms. The fourth-order valence-electron chi connectivity index (χ4n) is 0.957. The Labute approximate surface area is 59.1 Å². The minimum atomic E-state index is -1.14. The zero-order chi connectivity index (χ0) is 7.72. The third kappa shape index (κ3) is 1.46. The maximum absolute atomic E-state index is 9.07. The molecule has 0 aromatic heterocycles. The van der Waals surface area contributed by atoms with Gasteiger partial charge in [-0.1, -0.05) is 0 Å². The monoisotopic (exact) mass is 148 g/mol. The largest absolute Gasteiger partial charge is 0.390 e. The number of ether oxygens (including phenoxy) is 1. The van der Waals surface area contributed by atoms with Gasteiger partial charge in [-0.25, -0.2) is 0 Å². The van der Waals surface area contributed by atoms with E-state index in [9.17, 15) is 0 Å². The van der Waals surface area contributed by atoms with Crippen molar-refractivity contribution in [3.8, 4) is 0 Å². The zero-order valence-electron chi connectivity index (χ0n) is 5.77. The summed E-state index contributed by atoms with van der Waals surface area (Å²) in [5, 5.41) is 26.9. The summed E-state index contributed by atoms with van der Waals surface area (Å²) in [5.74, 6) is 0. The Kier molecular flexibility index (Phi) is 2.25. The van der Waals surface area contributed by atoms with Crippen LogP contribution in [0.4, 0.5) is 0 Å². The second-order valence-electron chi connectivity index (χ2n) is 2.60. The Morgan fingerprint density at radius 3 is 2.30 bits per heavy atom. The molecule has 4 atom stereocenters. The Morgan fingerprint density at radius 2 is 1.80 bits per heavy atom. The summed E-state index contributed by atoms with van der Waals surface area (Å²) >= 11 is 0. The molecule has 4 nitrogen and oxygen atoms in total. The van der Waals surface area contributed by atoms with Gasteiger partial charge in [0, 0.05) is 6.42 Å². The lowest BCUT2D eigenvalue weighted by Gasteiger charge is -2.32. The lowest BCUT2D eigenvalue weighted by Crippen LogP contribution is -2.45. The Hall–Kier alpha value is -0.160. The highest BCUT2D eigenvalue weighted by Gasteiger charge is 2.32. The van der Waals surface area contributed by atoms with Crippen molar-refractivity contribution in [3.63, 3.8) is 0 Å². The zero-order valence-corrected chi connectivity index (χ0v) is 5.77. The molecule has 0 aromatic carbocycles. The highest BCUT2D eigenvalue weighted by Crippen LogP contribution is 2.17. The molecule has 1 fully saturated rings. The van der Waals surface area contributed by atoms with E-state index in [-0.39, 0.29) is 6.42 Å². The van der Waals surface area contributed by atoms with Gasteiger partial charge in [-0.2, -0.15) is 0 Å². The van der Waals surface area contributed by atoms with Gasteiger partial charge in [0.1, 0.15) is 6.10 Å². The molecule has 1 rings (SSSR count). The van der Waals surface area contributed by atoms with Crippen LogP contribution < -0.4 is 0 Å². The Morgan fingerprint density at radius 1 is 1.20 bits per heavy atom. The van der Waals surface area contributed by atoms with Gasteiger partial charge in [-0.15, -0.1) is 0 Å². The summed E-state index contributed by atoms with van der Waals surface area (Å²) in [6, 6.07) is 0. The van der Waals surface area contributed by atoms with Crippen molar-refractivity contribution in [1.29, 1.82) is 0 Å². The van der Waals surface area contributed by atoms with Crippen LogP contribution in [0.3, 0.4) is 0 Å². The van der Waals surface area contributed by atoms with Gasteiger partial charge in [0.15, 0.2) is 6.29 Å². The van der Waals surface area contributed by atoms with Crippen LogP contribution in [0.15, 0.2) is 0 Å². The van der Waals surface area contributed by atoms with Crippen molar-refractivity contribution in [2.45, 2.75) is 37.9 Å². The van der Waals surface area contributed by atoms with Crippen molar-refractivity contribution in [2.24, 2.45) is 0 Å². The molecule has 0 aromatic rings. The van der Waals surface area contributed by atoms with E-state index in [4.69, 9.17) is 20.1 Å². The molecule has 60 valence electrons. The normalized spacial score (nSPS) is 49.2. The van der Waals surface area contributed by atoms with Crippen molar-refractivity contribution in [3.05, 3.63) is 0 Å². The predicted molar refractivity (Wildman–Crippen MR) is 33.2 cm³/mol. The maximum Gasteiger partial charge on any atom is 0.181 e. The van der Waals surface area contributed by atoms with Crippen LogP contribution in [0.25, 0.3) is 0 Å². The molecule has 1 heterocycles. The van der Waals surface area contributed by atoms with Crippen LogP contribution in [-0.4, -0.2) is 39.9 Å². The summed E-state index contributed by atoms with van der Waals surface area (Å²) in [7, 11) is 0. The first-order valence-electron chi connectivity index (χ1n) is 3.31. The Bertz CT molecular complexity index is 90.3. The number of rotatable bonds is 0. The molecule has 1 aliphatic heterocycles. The smallest absolute Gasteiger partial charge is 0.181 e. The van der Waals surface area contributed by atoms with Crippen LogP contribution in [0.5, 0.6) is 0 Å². The average molecular weight is 148 g/mol. The first-order chi connectivity index (χ1) is 4.61. The summed E-state index contributed by atoms with van der Waals surface area (Å²) in [4.78, 5) is 0. The molecule has 0 amide bonds. The van der Waals surface area contributed by atoms with E-state index < -0.39 is 24.6 Å². The van der Waals surface area contributed by atoms with Crippen LogP contribution in [0, 0.1) is 0 Å². The molecular weight excluding hydrogens is 136 g/mol. The molecular formula is C6H12O4. The van der Waals surface area contributed by atoms with Crippen molar-refractivity contribution >= 4 is 0 Å². The van der Waals surface area contributed by atoms with Gasteiger partial charge in [-0.3, -0.25) is 0 Å². The minimum Gasteiger partial charge on any atom is -0.390 e. The molecule has 0 radical (unpaired) electrons. The molecule has 2 unspecified atom stereocenters. The van der Waals surface area contributed by atoms with Gasteiger partial charge in [0.05, 0.1) is 12.2 Å². The number of aliphatic hydroxyl groups excluding tert-OH is 3. The summed E-state index contributed by atoms with van der Waals surface area (Å²) in [6.07, 6.45) is -2.97. The number of hydrogen-bond acceptors (Lipinski definition) is 4. The summed E-state index contributed by atoms with van der Waals surface area (Å²) < 4.78 is 4.77. The van der Waals surface area contributed by atoms with Crippen LogP contribution >= 0.6 is 0 Å². The number of hydrogen-bond donors (Lipinski definition) is 3. The topological polar surface area (TPSA) is 69.9 Å². The summed E-state index contributed by atoms with van der Waals surface area (Å²) in [6.45, 7) is 1.65. The lowest BCUT2D eigenvalue weighted by molar-refractivity contribution is -0.240. The van der Waals surface area contributed by atoms with E-state index in [2.05, 4.69) is 0 Å². The van der Waals surface area contributed by atoms with Gasteiger partial charge in [-0.05, 0) is 6.92 Å². The fourth-order valence-corrected chi connectivity index (χ4v) is 0.957. The van der Waals surface area contributed by atoms with E-state index in [1.54, 1.807) is 6.92 Å². The van der Waals surface area contributed by atoms with Gasteiger partial charge >= 0.3 is 0 Å². The number of aliphatic hydroxyl groups is 3. The van der Waals surface area contributed by atoms with Crippen LogP contribution in [0.1, 0.15) is 13.3 Å². The van der Waals surface area contributed by atoms with Crippen molar-refractivity contribution < 1.29 is 20.1 Å². The highest BCUT2D eigenvalue weighted by molar-refractivity contribution is 4.76. The third-order valence-electron chi connectivity index (χ3n) is 1.71. The third-order valence-corrected chi connectivity index (χ3v) is 1.71. The first kappa shape index (κ1) is 7.94. The molecule has 3 N–H and O–H groups in total. The highest BCUT2D eigenvalue weighted by atomic mass is 16.6. The molecule has 0 aliphatic carbocycles. The van der Waals surface area contributed by atoms with Crippen LogP contribution in [-0.2, 0) is 4.74 Å². The van der Waals surface area contributed by atoms with Crippen molar-refractivity contribution in [2.75, 3.05) is 0 Å². The van der Waals surface area contributed by atoms with E-state index in [1.165, 1.54) is 0 Å². The molecule has 4 heteroatoms. The maximum atomic E-state index is 9.07. The lowest BCUT2D eigenvalue weighted by atomic mass is 10.0. The molecule has 1 aliphatic rings. The van der Waals surface area contributed by atoms with Gasteiger partial charge < -0.3 is 20.1 Å². The second kappa shape index (κ2) is 2.84. The Balaban J connectivity index is 2.46. The second-order valence-corrected chi connectivity index (χ2v) is 2.60. The standard InChI is InChI=1S/C6H12O4/c1-3-4(7)2-5(8)6(9)10-3/h3-9H,2H2,1H3/t3?,4-,5?,6-/m0/s1. The van der Waals surface area contributed by atoms with E-state index >= 15 is 0 Å². The van der Waals surface area contributed by atoms with Gasteiger partial charge in [0.2, 0.25) is 0 Å². The summed E-state index contributed by atoms with van der Waals surface area (Å²) in [5.41, 5.74) is 0. The molecule has 0 spiro atoms. The predicted octanol–water partition coefficient (Wildman–Crippen LogP) is -1.16. The van der Waals surface area contributed by atoms with Gasteiger partial charge in [0.25, 0.3) is 0 Å². The van der Waals surface area contributed by atoms with E-state index in [0.717, 1.165) is 0 Å². The first-order valence-corrected chi connectivity index (χ1v) is 3.31. The van der Waals surface area contributed by atoms with Crippen LogP contribution in [0.2, 0.25) is 0 Å². The average Bonchev–Trinajstić information content (AvgIpc) is 1.84.